The van der Waals surface area contributed by atoms with Gasteiger partial charge in [0.05, 0.1) is 12.5 Å². The highest BCUT2D eigenvalue weighted by atomic mass is 35.5. The highest BCUT2D eigenvalue weighted by molar-refractivity contribution is 6.34. The SMILES string of the molecule is CC(C)[C@H](NC(=O)[C@H](Cc1ccc(F)c(F)c1)NC(=O)COc1cc(Cl)cc(Cl)c1)C(=O)C(F)(F)C(=O)NCCC(F)(F)F. The van der Waals surface area contributed by atoms with Crippen LogP contribution in [0.25, 0.3) is 0 Å². The van der Waals surface area contributed by atoms with Gasteiger partial charge in [0.25, 0.3) is 11.8 Å². The van der Waals surface area contributed by atoms with E-state index in [4.69, 9.17) is 27.9 Å². The van der Waals surface area contributed by atoms with Crippen LogP contribution in [0.1, 0.15) is 25.8 Å². The van der Waals surface area contributed by atoms with Gasteiger partial charge in [-0.2, -0.15) is 22.0 Å². The quantitative estimate of drug-likeness (QED) is 0.197. The summed E-state index contributed by atoms with van der Waals surface area (Å²) in [6.45, 7) is 0.511. The van der Waals surface area contributed by atoms with E-state index in [-0.39, 0.29) is 21.4 Å². The summed E-state index contributed by atoms with van der Waals surface area (Å²) in [6.07, 6.45) is -6.92. The van der Waals surface area contributed by atoms with E-state index in [2.05, 4.69) is 5.32 Å². The Morgan fingerprint density at radius 1 is 0.886 bits per heavy atom. The summed E-state index contributed by atoms with van der Waals surface area (Å²) in [4.78, 5) is 50.4. The number of carbonyl (C=O) groups excluding carboxylic acids is 4. The minimum absolute atomic E-state index is 0.0197. The van der Waals surface area contributed by atoms with Crippen molar-refractivity contribution in [3.05, 3.63) is 63.6 Å². The van der Waals surface area contributed by atoms with Gasteiger partial charge >= 0.3 is 12.1 Å². The molecule has 0 aliphatic carbocycles. The van der Waals surface area contributed by atoms with E-state index in [1.165, 1.54) is 37.4 Å². The van der Waals surface area contributed by atoms with Crippen LogP contribution >= 0.6 is 23.2 Å². The van der Waals surface area contributed by atoms with E-state index in [0.717, 1.165) is 18.2 Å². The number of halogens is 9. The summed E-state index contributed by atoms with van der Waals surface area (Å²) < 4.78 is 98.9. The predicted octanol–water partition coefficient (Wildman–Crippen LogP) is 4.79. The molecule has 0 saturated carbocycles. The van der Waals surface area contributed by atoms with Crippen molar-refractivity contribution in [2.45, 2.75) is 50.9 Å². The number of amides is 3. The standard InChI is InChI=1S/C27H26Cl2F7N3O5/c1-13(2)22(23(41)27(35,36)25(43)37-6-5-26(32,33)34)39-24(42)20(8-14-3-4-18(30)19(31)7-14)38-21(40)12-44-17-10-15(28)9-16(29)11-17/h3-4,7,9-11,13,20,22H,5-6,8,12H2,1-2H3,(H,37,43)(H,38,40)(H,39,42)/t20-,22-/m0/s1. The average Bonchev–Trinajstić information content (AvgIpc) is 2.90. The number of carbonyl (C=O) groups is 4. The number of Topliss-reactive ketones (excluding diaryl/α,β-unsaturated/α-hetero) is 1. The van der Waals surface area contributed by atoms with Gasteiger partial charge in [-0.15, -0.1) is 0 Å². The van der Waals surface area contributed by atoms with Gasteiger partial charge in [0, 0.05) is 23.0 Å². The molecule has 2 atom stereocenters. The first-order valence-corrected chi connectivity index (χ1v) is 13.5. The summed E-state index contributed by atoms with van der Waals surface area (Å²) >= 11 is 11.7. The molecule has 0 fully saturated rings. The van der Waals surface area contributed by atoms with E-state index in [1.54, 1.807) is 0 Å². The van der Waals surface area contributed by atoms with Gasteiger partial charge in [-0.25, -0.2) is 8.78 Å². The van der Waals surface area contributed by atoms with Crippen molar-refractivity contribution < 1.29 is 54.6 Å². The molecule has 0 radical (unpaired) electrons. The van der Waals surface area contributed by atoms with Crippen molar-refractivity contribution >= 4 is 46.7 Å². The maximum atomic E-state index is 14.7. The number of ether oxygens (including phenoxy) is 1. The minimum Gasteiger partial charge on any atom is -0.484 e. The Kier molecular flexibility index (Phi) is 12.8. The second-order valence-corrected chi connectivity index (χ2v) is 10.6. The molecule has 2 rings (SSSR count). The summed E-state index contributed by atoms with van der Waals surface area (Å²) in [5.74, 6) is -15.0. The Bertz CT molecular complexity index is 1360. The first-order valence-electron chi connectivity index (χ1n) is 12.7. The molecule has 0 bridgehead atoms. The molecular formula is C27H26Cl2F7N3O5. The first-order chi connectivity index (χ1) is 20.3. The first kappa shape index (κ1) is 36.6. The van der Waals surface area contributed by atoms with Crippen LogP contribution in [-0.2, 0) is 25.6 Å². The fourth-order valence-electron chi connectivity index (χ4n) is 3.63. The molecule has 2 aromatic rings. The molecule has 0 aliphatic heterocycles. The molecule has 242 valence electrons. The maximum absolute atomic E-state index is 14.7. The molecule has 0 aromatic heterocycles. The van der Waals surface area contributed by atoms with Gasteiger partial charge in [-0.1, -0.05) is 43.1 Å². The summed E-state index contributed by atoms with van der Waals surface area (Å²) in [5.41, 5.74) is -0.0197. The van der Waals surface area contributed by atoms with Crippen LogP contribution in [0.3, 0.4) is 0 Å². The van der Waals surface area contributed by atoms with Crippen LogP contribution in [0.4, 0.5) is 30.7 Å². The Balaban J connectivity index is 2.24. The topological polar surface area (TPSA) is 114 Å². The number of benzene rings is 2. The molecule has 8 nitrogen and oxygen atoms in total. The molecule has 17 heteroatoms. The van der Waals surface area contributed by atoms with Crippen molar-refractivity contribution in [3.63, 3.8) is 0 Å². The van der Waals surface area contributed by atoms with E-state index in [9.17, 15) is 49.9 Å². The van der Waals surface area contributed by atoms with Gasteiger partial charge < -0.3 is 20.7 Å². The monoisotopic (exact) mass is 675 g/mol. The minimum atomic E-state index is -4.85. The fraction of sp³-hybridized carbons (Fsp3) is 0.407. The van der Waals surface area contributed by atoms with Crippen LogP contribution < -0.4 is 20.7 Å². The number of rotatable bonds is 14. The van der Waals surface area contributed by atoms with Gasteiger partial charge in [0.15, 0.2) is 18.2 Å². The predicted molar refractivity (Wildman–Crippen MR) is 144 cm³/mol. The molecule has 0 aliphatic rings. The van der Waals surface area contributed by atoms with E-state index < -0.39 is 91.2 Å². The average molecular weight is 676 g/mol. The van der Waals surface area contributed by atoms with Gasteiger partial charge in [0.1, 0.15) is 11.8 Å². The maximum Gasteiger partial charge on any atom is 0.390 e. The molecule has 0 spiro atoms. The molecule has 3 amide bonds. The van der Waals surface area contributed by atoms with E-state index in [0.29, 0.717) is 0 Å². The Hall–Kier alpha value is -3.59. The second kappa shape index (κ2) is 15.4. The molecule has 44 heavy (non-hydrogen) atoms. The van der Waals surface area contributed by atoms with Crippen molar-refractivity contribution in [2.24, 2.45) is 5.92 Å². The third-order valence-electron chi connectivity index (χ3n) is 5.82. The van der Waals surface area contributed by atoms with Crippen molar-refractivity contribution in [3.8, 4) is 5.75 Å². The van der Waals surface area contributed by atoms with Crippen LogP contribution in [0.15, 0.2) is 36.4 Å². The highest BCUT2D eigenvalue weighted by Gasteiger charge is 2.51. The summed E-state index contributed by atoms with van der Waals surface area (Å²) in [6, 6.07) is 2.83. The largest absolute Gasteiger partial charge is 0.484 e. The van der Waals surface area contributed by atoms with Gasteiger partial charge in [-0.3, -0.25) is 19.2 Å². The highest BCUT2D eigenvalue weighted by Crippen LogP contribution is 2.25. The van der Waals surface area contributed by atoms with Crippen molar-refractivity contribution in [1.29, 1.82) is 0 Å². The van der Waals surface area contributed by atoms with Crippen LogP contribution in [-0.4, -0.2) is 60.8 Å². The Morgan fingerprint density at radius 3 is 2.05 bits per heavy atom. The van der Waals surface area contributed by atoms with E-state index in [1.807, 2.05) is 5.32 Å². The zero-order chi connectivity index (χ0) is 33.4. The van der Waals surface area contributed by atoms with Crippen LogP contribution in [0.5, 0.6) is 5.75 Å². The molecule has 3 N–H and O–H groups in total. The zero-order valence-corrected chi connectivity index (χ0v) is 24.5. The molecular weight excluding hydrogens is 650 g/mol. The molecule has 0 heterocycles. The third-order valence-corrected chi connectivity index (χ3v) is 6.25. The number of ketones is 1. The molecule has 0 unspecified atom stereocenters. The lowest BCUT2D eigenvalue weighted by Crippen LogP contribution is -2.59. The smallest absolute Gasteiger partial charge is 0.390 e. The van der Waals surface area contributed by atoms with Crippen LogP contribution in [0, 0.1) is 17.6 Å². The Morgan fingerprint density at radius 2 is 1.50 bits per heavy atom. The van der Waals surface area contributed by atoms with Gasteiger partial charge in [0.2, 0.25) is 11.7 Å². The fourth-order valence-corrected chi connectivity index (χ4v) is 4.14. The normalized spacial score (nSPS) is 13.2. The third kappa shape index (κ3) is 11.2. The second-order valence-electron chi connectivity index (χ2n) is 9.76. The lowest BCUT2D eigenvalue weighted by molar-refractivity contribution is -0.162. The van der Waals surface area contributed by atoms with Crippen molar-refractivity contribution in [2.75, 3.05) is 13.2 Å². The number of nitrogens with one attached hydrogen (secondary N) is 3. The molecule has 2 aromatic carbocycles. The lowest BCUT2D eigenvalue weighted by atomic mass is 9.94. The molecule has 0 saturated heterocycles. The van der Waals surface area contributed by atoms with Crippen LogP contribution in [0.2, 0.25) is 10.0 Å². The summed E-state index contributed by atoms with van der Waals surface area (Å²) in [5, 5.41) is 5.95. The Labute approximate surface area is 256 Å². The van der Waals surface area contributed by atoms with Crippen molar-refractivity contribution in [1.82, 2.24) is 16.0 Å². The lowest BCUT2D eigenvalue weighted by Gasteiger charge is -2.27. The number of alkyl halides is 5. The number of hydrogen-bond acceptors (Lipinski definition) is 5. The number of hydrogen-bond donors (Lipinski definition) is 3. The summed E-state index contributed by atoms with van der Waals surface area (Å²) in [7, 11) is 0. The van der Waals surface area contributed by atoms with Gasteiger partial charge in [-0.05, 0) is 41.8 Å². The van der Waals surface area contributed by atoms with E-state index >= 15 is 0 Å². The zero-order valence-electron chi connectivity index (χ0n) is 23.0.